The summed E-state index contributed by atoms with van der Waals surface area (Å²) < 4.78 is 9.37. The van der Waals surface area contributed by atoms with E-state index < -0.39 is 48.6 Å². The molecule has 0 aromatic heterocycles. The highest BCUT2D eigenvalue weighted by Crippen LogP contribution is 2.23. The molecule has 0 aliphatic rings. The van der Waals surface area contributed by atoms with Crippen LogP contribution in [0.4, 0.5) is 0 Å². The van der Waals surface area contributed by atoms with Crippen LogP contribution in [0.15, 0.2) is 24.3 Å². The Morgan fingerprint density at radius 2 is 1.07 bits per heavy atom. The summed E-state index contributed by atoms with van der Waals surface area (Å²) in [6, 6.07) is 6.10. The van der Waals surface area contributed by atoms with E-state index in [4.69, 9.17) is 0 Å². The number of aliphatic hydroxyl groups is 2. The van der Waals surface area contributed by atoms with Crippen molar-refractivity contribution in [3.63, 3.8) is 0 Å². The molecule has 1 aromatic rings. The summed E-state index contributed by atoms with van der Waals surface area (Å²) in [5, 5.41) is 20.2. The minimum Gasteiger partial charge on any atom is -0.466 e. The lowest BCUT2D eigenvalue weighted by atomic mass is 9.98. The summed E-state index contributed by atoms with van der Waals surface area (Å²) in [7, 11) is 0. The van der Waals surface area contributed by atoms with E-state index in [1.54, 1.807) is 13.8 Å². The van der Waals surface area contributed by atoms with E-state index in [-0.39, 0.29) is 26.1 Å². The molecule has 8 nitrogen and oxygen atoms in total. The zero-order chi connectivity index (χ0) is 21.1. The van der Waals surface area contributed by atoms with Crippen molar-refractivity contribution in [3.05, 3.63) is 35.4 Å². The average molecular weight is 394 g/mol. The van der Waals surface area contributed by atoms with Crippen LogP contribution in [0.5, 0.6) is 0 Å². The van der Waals surface area contributed by atoms with E-state index in [0.29, 0.717) is 11.1 Å². The first kappa shape index (κ1) is 23.5. The van der Waals surface area contributed by atoms with Gasteiger partial charge in [0.2, 0.25) is 0 Å². The van der Waals surface area contributed by atoms with Crippen molar-refractivity contribution >= 4 is 23.5 Å². The highest BCUT2D eigenvalue weighted by atomic mass is 16.5. The number of Topliss-reactive ketones (excluding diaryl/α,β-unsaturated/α-hetero) is 2. The molecule has 0 saturated heterocycles. The smallest absolute Gasteiger partial charge is 0.313 e. The molecular formula is C20H26O8. The Kier molecular flexibility index (Phi) is 10.0. The summed E-state index contributed by atoms with van der Waals surface area (Å²) in [5.74, 6) is -2.16. The van der Waals surface area contributed by atoms with Gasteiger partial charge in [-0.05, 0) is 25.0 Å². The molecule has 2 atom stereocenters. The molecule has 2 N–H and O–H groups in total. The summed E-state index contributed by atoms with van der Waals surface area (Å²) in [5.41, 5.74) is 0.872. The van der Waals surface area contributed by atoms with Crippen LogP contribution in [0.3, 0.4) is 0 Å². The van der Waals surface area contributed by atoms with Crippen LogP contribution in [0.25, 0.3) is 0 Å². The van der Waals surface area contributed by atoms with Crippen LogP contribution in [-0.2, 0) is 28.7 Å². The van der Waals surface area contributed by atoms with Gasteiger partial charge < -0.3 is 19.7 Å². The molecule has 1 rings (SSSR count). The van der Waals surface area contributed by atoms with E-state index in [9.17, 15) is 29.4 Å². The predicted molar refractivity (Wildman–Crippen MR) is 98.1 cm³/mol. The molecule has 2 unspecified atom stereocenters. The molecule has 0 radical (unpaired) electrons. The van der Waals surface area contributed by atoms with Crippen molar-refractivity contribution < 1.29 is 38.9 Å². The van der Waals surface area contributed by atoms with Crippen molar-refractivity contribution in [2.24, 2.45) is 0 Å². The first-order chi connectivity index (χ1) is 13.3. The maximum Gasteiger partial charge on any atom is 0.313 e. The molecule has 8 heteroatoms. The molecule has 0 heterocycles. The third-order valence-electron chi connectivity index (χ3n) is 3.84. The fourth-order valence-corrected chi connectivity index (χ4v) is 2.50. The molecule has 0 bridgehead atoms. The van der Waals surface area contributed by atoms with Crippen molar-refractivity contribution in [1.29, 1.82) is 0 Å². The van der Waals surface area contributed by atoms with Gasteiger partial charge in [0.05, 0.1) is 25.4 Å². The molecule has 0 amide bonds. The topological polar surface area (TPSA) is 127 Å². The quantitative estimate of drug-likeness (QED) is 0.404. The maximum absolute atomic E-state index is 11.8. The minimum atomic E-state index is -1.10. The van der Waals surface area contributed by atoms with Crippen molar-refractivity contribution in [1.82, 2.24) is 0 Å². The number of benzene rings is 1. The largest absolute Gasteiger partial charge is 0.466 e. The second-order valence-electron chi connectivity index (χ2n) is 6.15. The lowest BCUT2D eigenvalue weighted by Gasteiger charge is -2.13. The van der Waals surface area contributed by atoms with Gasteiger partial charge in [-0.2, -0.15) is 0 Å². The number of hydrogen-bond acceptors (Lipinski definition) is 8. The maximum atomic E-state index is 11.8. The number of hydrogen-bond donors (Lipinski definition) is 2. The van der Waals surface area contributed by atoms with Gasteiger partial charge in [-0.25, -0.2) is 0 Å². The molecule has 0 aliphatic carbocycles. The fraction of sp³-hybridized carbons (Fsp3) is 0.500. The van der Waals surface area contributed by atoms with E-state index in [1.165, 1.54) is 24.3 Å². The van der Waals surface area contributed by atoms with E-state index in [2.05, 4.69) is 9.47 Å². The lowest BCUT2D eigenvalue weighted by Crippen LogP contribution is -2.14. The highest BCUT2D eigenvalue weighted by Gasteiger charge is 2.19. The Balaban J connectivity index is 2.57. The van der Waals surface area contributed by atoms with Gasteiger partial charge in [-0.3, -0.25) is 19.2 Å². The van der Waals surface area contributed by atoms with Gasteiger partial charge in [0.15, 0.2) is 0 Å². The molecule has 0 fully saturated rings. The Labute approximate surface area is 163 Å². The van der Waals surface area contributed by atoms with E-state index in [1.807, 2.05) is 0 Å². The second kappa shape index (κ2) is 12.0. The molecule has 154 valence electrons. The van der Waals surface area contributed by atoms with Crippen molar-refractivity contribution in [2.75, 3.05) is 13.2 Å². The van der Waals surface area contributed by atoms with Gasteiger partial charge in [-0.1, -0.05) is 24.3 Å². The van der Waals surface area contributed by atoms with Gasteiger partial charge in [-0.15, -0.1) is 0 Å². The third kappa shape index (κ3) is 8.41. The van der Waals surface area contributed by atoms with Gasteiger partial charge in [0.25, 0.3) is 0 Å². The summed E-state index contributed by atoms with van der Waals surface area (Å²) in [4.78, 5) is 46.1. The van der Waals surface area contributed by atoms with E-state index >= 15 is 0 Å². The number of ketones is 2. The van der Waals surface area contributed by atoms with Crippen molar-refractivity contribution in [3.8, 4) is 0 Å². The standard InChI is InChI=1S/C20H26O8/c1-3-27-19(25)11-15(21)9-17(23)13-5-7-14(8-6-13)18(24)10-16(22)12-20(26)28-4-2/h5-8,17-18,23-24H,3-4,9-12H2,1-2H3. The van der Waals surface area contributed by atoms with Crippen LogP contribution >= 0.6 is 0 Å². The minimum absolute atomic E-state index is 0.181. The predicted octanol–water partition coefficient (Wildman–Crippen LogP) is 1.58. The molecule has 0 saturated carbocycles. The number of carbonyl (C=O) groups is 4. The summed E-state index contributed by atoms with van der Waals surface area (Å²) in [6.45, 7) is 3.64. The van der Waals surface area contributed by atoms with Crippen LogP contribution in [0, 0.1) is 0 Å². The number of ether oxygens (including phenoxy) is 2. The summed E-state index contributed by atoms with van der Waals surface area (Å²) >= 11 is 0. The zero-order valence-electron chi connectivity index (χ0n) is 16.1. The van der Waals surface area contributed by atoms with Gasteiger partial charge in [0, 0.05) is 12.8 Å². The molecule has 28 heavy (non-hydrogen) atoms. The van der Waals surface area contributed by atoms with Crippen molar-refractivity contribution in [2.45, 2.75) is 51.7 Å². The third-order valence-corrected chi connectivity index (χ3v) is 3.84. The Morgan fingerprint density at radius 3 is 1.36 bits per heavy atom. The van der Waals surface area contributed by atoms with Crippen LogP contribution in [0.1, 0.15) is 62.9 Å². The monoisotopic (exact) mass is 394 g/mol. The number of esters is 2. The average Bonchev–Trinajstić information content (AvgIpc) is 2.61. The Morgan fingerprint density at radius 1 is 0.750 bits per heavy atom. The lowest BCUT2D eigenvalue weighted by molar-refractivity contribution is -0.147. The first-order valence-corrected chi connectivity index (χ1v) is 9.07. The Hall–Kier alpha value is -2.58. The molecule has 1 aromatic carbocycles. The van der Waals surface area contributed by atoms with Crippen LogP contribution in [-0.4, -0.2) is 46.9 Å². The zero-order valence-corrected chi connectivity index (χ0v) is 16.1. The number of aliphatic hydroxyl groups excluding tert-OH is 2. The van der Waals surface area contributed by atoms with Gasteiger partial charge in [0.1, 0.15) is 24.4 Å². The molecule has 0 spiro atoms. The SMILES string of the molecule is CCOC(=O)CC(=O)CC(O)c1ccc(C(O)CC(=O)CC(=O)OCC)cc1. The van der Waals surface area contributed by atoms with Gasteiger partial charge >= 0.3 is 11.9 Å². The normalized spacial score (nSPS) is 12.7. The highest BCUT2D eigenvalue weighted by molar-refractivity contribution is 5.96. The fourth-order valence-electron chi connectivity index (χ4n) is 2.50. The molecule has 0 aliphatic heterocycles. The summed E-state index contributed by atoms with van der Waals surface area (Å²) in [6.07, 6.45) is -3.47. The molecular weight excluding hydrogens is 368 g/mol. The first-order valence-electron chi connectivity index (χ1n) is 9.07. The number of rotatable bonds is 12. The second-order valence-corrected chi connectivity index (χ2v) is 6.15. The number of carbonyl (C=O) groups excluding carboxylic acids is 4. The van der Waals surface area contributed by atoms with Crippen LogP contribution in [0.2, 0.25) is 0 Å². The van der Waals surface area contributed by atoms with E-state index in [0.717, 1.165) is 0 Å². The Bertz CT molecular complexity index is 621. The van der Waals surface area contributed by atoms with Crippen LogP contribution < -0.4 is 0 Å².